The van der Waals surface area contributed by atoms with E-state index in [2.05, 4.69) is 4.98 Å². The summed E-state index contributed by atoms with van der Waals surface area (Å²) in [6, 6.07) is 12.9. The van der Waals surface area contributed by atoms with Crippen molar-refractivity contribution in [3.8, 4) is 0 Å². The van der Waals surface area contributed by atoms with Crippen molar-refractivity contribution < 1.29 is 28.5 Å². The van der Waals surface area contributed by atoms with Crippen LogP contribution in [-0.2, 0) is 32.1 Å². The zero-order chi connectivity index (χ0) is 27.8. The second-order valence-corrected chi connectivity index (χ2v) is 10.8. The summed E-state index contributed by atoms with van der Waals surface area (Å²) in [4.78, 5) is 20.0. The molecule has 39 heavy (non-hydrogen) atoms. The molecule has 2 aromatic carbocycles. The molecule has 3 heterocycles. The normalized spacial score (nSPS) is 22.3. The molecule has 1 aromatic heterocycles. The molecule has 2 aliphatic heterocycles. The lowest BCUT2D eigenvalue weighted by Crippen LogP contribution is -2.49. The predicted octanol–water partition coefficient (Wildman–Crippen LogP) is 5.43. The minimum Gasteiger partial charge on any atom is -0.383 e. The van der Waals surface area contributed by atoms with Gasteiger partial charge >= 0.3 is 0 Å². The number of aliphatic hydroxyl groups is 1. The monoisotopic (exact) mass is 574 g/mol. The lowest BCUT2D eigenvalue weighted by Gasteiger charge is -2.41. The molecule has 1 N–H and O–H groups in total. The Labute approximate surface area is 236 Å². The highest BCUT2D eigenvalue weighted by atomic mass is 35.5. The molecule has 1 amide bonds. The second kappa shape index (κ2) is 11.1. The topological polar surface area (TPSA) is 81.1 Å². The average molecular weight is 575 g/mol. The molecule has 0 spiro atoms. The summed E-state index contributed by atoms with van der Waals surface area (Å²) in [7, 11) is 0. The zero-order valence-electron chi connectivity index (χ0n) is 21.6. The number of amides is 1. The Hall–Kier alpha value is -2.59. The number of ether oxygens (including phenoxy) is 3. The summed E-state index contributed by atoms with van der Waals surface area (Å²) in [6.45, 7) is 4.43. The smallest absolute Gasteiger partial charge is 0.257 e. The van der Waals surface area contributed by atoms with Crippen molar-refractivity contribution in [2.45, 2.75) is 44.2 Å². The van der Waals surface area contributed by atoms with Crippen LogP contribution in [0.5, 0.6) is 0 Å². The van der Waals surface area contributed by atoms with E-state index in [1.807, 2.05) is 0 Å². The van der Waals surface area contributed by atoms with Gasteiger partial charge in [-0.2, -0.15) is 0 Å². The maximum atomic E-state index is 16.4. The zero-order valence-corrected chi connectivity index (χ0v) is 23.1. The fourth-order valence-corrected chi connectivity index (χ4v) is 5.33. The average Bonchev–Trinajstić information content (AvgIpc) is 3.51. The van der Waals surface area contributed by atoms with Crippen LogP contribution in [0, 0.1) is 5.82 Å². The molecule has 5 rings (SSSR count). The summed E-state index contributed by atoms with van der Waals surface area (Å²) in [5, 5.41) is 12.0. The molecule has 3 atom stereocenters. The van der Waals surface area contributed by atoms with Crippen molar-refractivity contribution in [2.24, 2.45) is 0 Å². The van der Waals surface area contributed by atoms with Gasteiger partial charge in [0.25, 0.3) is 5.91 Å². The second-order valence-electron chi connectivity index (χ2n) is 9.91. The van der Waals surface area contributed by atoms with Gasteiger partial charge in [0.05, 0.1) is 47.7 Å². The highest BCUT2D eigenvalue weighted by Crippen LogP contribution is 2.49. The van der Waals surface area contributed by atoms with Crippen molar-refractivity contribution >= 4 is 29.1 Å². The Morgan fingerprint density at radius 3 is 2.59 bits per heavy atom. The molecule has 1 unspecified atom stereocenters. The minimum absolute atomic E-state index is 0.00496. The Morgan fingerprint density at radius 2 is 1.95 bits per heavy atom. The van der Waals surface area contributed by atoms with E-state index in [1.54, 1.807) is 43.3 Å². The van der Waals surface area contributed by atoms with Crippen LogP contribution >= 0.6 is 23.2 Å². The molecule has 10 heteroatoms. The first-order valence-electron chi connectivity index (χ1n) is 12.7. The van der Waals surface area contributed by atoms with E-state index in [0.29, 0.717) is 47.5 Å². The number of hydrogen-bond acceptors (Lipinski definition) is 6. The van der Waals surface area contributed by atoms with E-state index >= 15 is 4.39 Å². The first-order valence-corrected chi connectivity index (χ1v) is 13.5. The number of benzene rings is 2. The molecule has 2 aliphatic rings. The maximum absolute atomic E-state index is 16.4. The van der Waals surface area contributed by atoms with E-state index in [0.717, 1.165) is 0 Å². The number of nitrogens with zero attached hydrogens (tertiary/aromatic N) is 2. The van der Waals surface area contributed by atoms with Crippen molar-refractivity contribution in [1.82, 2.24) is 9.88 Å². The summed E-state index contributed by atoms with van der Waals surface area (Å²) >= 11 is 12.3. The molecule has 0 bridgehead atoms. The molecule has 1 saturated heterocycles. The third-order valence-corrected chi connectivity index (χ3v) is 7.54. The lowest BCUT2D eigenvalue weighted by atomic mass is 9.88. The fourth-order valence-electron chi connectivity index (χ4n) is 5.10. The van der Waals surface area contributed by atoms with E-state index in [-0.39, 0.29) is 29.8 Å². The Balaban J connectivity index is 1.73. The van der Waals surface area contributed by atoms with Gasteiger partial charge in [0.15, 0.2) is 0 Å². The molecular weight excluding hydrogens is 546 g/mol. The van der Waals surface area contributed by atoms with E-state index in [4.69, 9.17) is 37.4 Å². The largest absolute Gasteiger partial charge is 0.383 e. The van der Waals surface area contributed by atoms with Gasteiger partial charge in [0.1, 0.15) is 11.4 Å². The summed E-state index contributed by atoms with van der Waals surface area (Å²) in [6.07, 6.45) is 1.67. The van der Waals surface area contributed by atoms with E-state index in [9.17, 15) is 9.90 Å². The van der Waals surface area contributed by atoms with Crippen LogP contribution in [0.25, 0.3) is 0 Å². The first kappa shape index (κ1) is 28.0. The lowest BCUT2D eigenvalue weighted by molar-refractivity contribution is -0.148. The van der Waals surface area contributed by atoms with Crippen LogP contribution in [0.4, 0.5) is 4.39 Å². The van der Waals surface area contributed by atoms with Gasteiger partial charge in [-0.15, -0.1) is 0 Å². The standard InChI is InChI=1S/C29H29Cl2FN2O5/c1-3-37-17-28(2,36)19-12-24-26(25(32)13-19)29(39-23-10-11-38-16-23,18-4-6-20(30)7-5-18)34(27(24)35)15-22-9-8-21(31)14-33-22/h4-9,12-14,23,36H,3,10-11,15-17H2,1-2H3/t23-,28?,29+/m0/s1. The number of hydrogen-bond donors (Lipinski definition) is 1. The predicted molar refractivity (Wildman–Crippen MR) is 144 cm³/mol. The molecule has 0 radical (unpaired) electrons. The van der Waals surface area contributed by atoms with Crippen molar-refractivity contribution in [3.05, 3.63) is 98.5 Å². The van der Waals surface area contributed by atoms with Crippen LogP contribution < -0.4 is 0 Å². The van der Waals surface area contributed by atoms with E-state index < -0.39 is 29.2 Å². The fraction of sp³-hybridized carbons (Fsp3) is 0.379. The van der Waals surface area contributed by atoms with Crippen molar-refractivity contribution in [1.29, 1.82) is 0 Å². The molecule has 1 fully saturated rings. The van der Waals surface area contributed by atoms with Crippen LogP contribution in [-0.4, -0.2) is 53.4 Å². The van der Waals surface area contributed by atoms with Crippen LogP contribution in [0.1, 0.15) is 53.0 Å². The van der Waals surface area contributed by atoms with Gasteiger partial charge in [-0.1, -0.05) is 35.3 Å². The Kier molecular flexibility index (Phi) is 7.97. The van der Waals surface area contributed by atoms with Gasteiger partial charge in [-0.25, -0.2) is 4.39 Å². The van der Waals surface area contributed by atoms with Gasteiger partial charge < -0.3 is 19.3 Å². The summed E-state index contributed by atoms with van der Waals surface area (Å²) < 4.78 is 34.1. The number of aromatic nitrogens is 1. The number of fused-ring (bicyclic) bond motifs is 1. The first-order chi connectivity index (χ1) is 18.7. The highest BCUT2D eigenvalue weighted by molar-refractivity contribution is 6.30. The van der Waals surface area contributed by atoms with Gasteiger partial charge in [-0.05, 0) is 62.2 Å². The number of pyridine rings is 1. The third kappa shape index (κ3) is 5.29. The third-order valence-electron chi connectivity index (χ3n) is 7.06. The molecule has 3 aromatic rings. The van der Waals surface area contributed by atoms with Crippen LogP contribution in [0.2, 0.25) is 10.0 Å². The maximum Gasteiger partial charge on any atom is 0.257 e. The van der Waals surface area contributed by atoms with E-state index in [1.165, 1.54) is 30.2 Å². The van der Waals surface area contributed by atoms with Crippen LogP contribution in [0.15, 0.2) is 54.7 Å². The van der Waals surface area contributed by atoms with Gasteiger partial charge in [0, 0.05) is 30.0 Å². The van der Waals surface area contributed by atoms with Gasteiger partial charge in [-0.3, -0.25) is 14.7 Å². The molecule has 0 saturated carbocycles. The van der Waals surface area contributed by atoms with Crippen LogP contribution in [0.3, 0.4) is 0 Å². The summed E-state index contributed by atoms with van der Waals surface area (Å²) in [5.74, 6) is -1.16. The Morgan fingerprint density at radius 1 is 1.21 bits per heavy atom. The number of halogens is 3. The summed E-state index contributed by atoms with van der Waals surface area (Å²) in [5.41, 5.74) is -1.75. The number of rotatable bonds is 9. The molecule has 206 valence electrons. The quantitative estimate of drug-likeness (QED) is 0.367. The minimum atomic E-state index is -1.65. The highest BCUT2D eigenvalue weighted by Gasteiger charge is 2.56. The SMILES string of the molecule is CCOCC(C)(O)c1cc(F)c2c(c1)C(=O)N(Cc1ccc(Cl)cn1)[C@@]2(O[C@H]1CCOC1)c1ccc(Cl)cc1. The molecule has 7 nitrogen and oxygen atoms in total. The number of carbonyl (C=O) groups excluding carboxylic acids is 1. The van der Waals surface area contributed by atoms with Gasteiger partial charge in [0.2, 0.25) is 5.72 Å². The Bertz CT molecular complexity index is 1350. The molecular formula is C29H29Cl2FN2O5. The van der Waals surface area contributed by atoms with Crippen molar-refractivity contribution in [3.63, 3.8) is 0 Å². The van der Waals surface area contributed by atoms with Crippen molar-refractivity contribution in [2.75, 3.05) is 26.4 Å². The number of carbonyl (C=O) groups is 1. The molecule has 0 aliphatic carbocycles.